The summed E-state index contributed by atoms with van der Waals surface area (Å²) in [6, 6.07) is 13.4. The van der Waals surface area contributed by atoms with Crippen LogP contribution in [0.4, 0.5) is 4.39 Å². The van der Waals surface area contributed by atoms with Crippen molar-refractivity contribution in [3.8, 4) is 0 Å². The van der Waals surface area contributed by atoms with Crippen LogP contribution in [0.1, 0.15) is 16.7 Å². The minimum absolute atomic E-state index is 0.132. The van der Waals surface area contributed by atoms with Crippen LogP contribution in [0.15, 0.2) is 48.5 Å². The van der Waals surface area contributed by atoms with E-state index in [9.17, 15) is 14.0 Å². The zero-order valence-corrected chi connectivity index (χ0v) is 12.8. The van der Waals surface area contributed by atoms with Crippen molar-refractivity contribution in [1.82, 2.24) is 5.32 Å². The third-order valence-corrected chi connectivity index (χ3v) is 3.20. The fourth-order valence-corrected chi connectivity index (χ4v) is 2.04. The van der Waals surface area contributed by atoms with Crippen molar-refractivity contribution in [2.75, 3.05) is 6.61 Å². The van der Waals surface area contributed by atoms with E-state index in [4.69, 9.17) is 4.74 Å². The Labute approximate surface area is 134 Å². The summed E-state index contributed by atoms with van der Waals surface area (Å²) in [7, 11) is 0. The molecule has 0 radical (unpaired) electrons. The lowest BCUT2D eigenvalue weighted by Crippen LogP contribution is -2.28. The highest BCUT2D eigenvalue weighted by molar-refractivity contribution is 5.81. The van der Waals surface area contributed by atoms with E-state index in [1.165, 1.54) is 12.1 Å². The molecule has 0 heterocycles. The third-order valence-electron chi connectivity index (χ3n) is 3.20. The number of nitrogens with one attached hydrogen (secondary N) is 1. The molecule has 2 aromatic carbocycles. The Balaban J connectivity index is 1.71. The van der Waals surface area contributed by atoms with Gasteiger partial charge < -0.3 is 10.1 Å². The highest BCUT2D eigenvalue weighted by atomic mass is 19.1. The Hall–Kier alpha value is -2.69. The van der Waals surface area contributed by atoms with Gasteiger partial charge in [-0.25, -0.2) is 4.39 Å². The molecule has 0 bridgehead atoms. The number of rotatable bonds is 6. The summed E-state index contributed by atoms with van der Waals surface area (Å²) in [5.41, 5.74) is 2.68. The van der Waals surface area contributed by atoms with Crippen LogP contribution in [0.25, 0.3) is 0 Å². The topological polar surface area (TPSA) is 55.4 Å². The summed E-state index contributed by atoms with van der Waals surface area (Å²) in [6.07, 6.45) is 0.132. The number of halogens is 1. The number of aryl methyl sites for hydroxylation is 1. The molecule has 1 amide bonds. The molecule has 1 N–H and O–H groups in total. The second-order valence-corrected chi connectivity index (χ2v) is 5.23. The lowest BCUT2D eigenvalue weighted by Gasteiger charge is -2.07. The second kappa shape index (κ2) is 8.08. The molecule has 4 nitrogen and oxygen atoms in total. The van der Waals surface area contributed by atoms with Gasteiger partial charge in [0.05, 0.1) is 6.42 Å². The molecule has 120 valence electrons. The molecule has 23 heavy (non-hydrogen) atoms. The van der Waals surface area contributed by atoms with Gasteiger partial charge in [0.2, 0.25) is 0 Å². The number of carbonyl (C=O) groups is 2. The molecule has 0 spiro atoms. The van der Waals surface area contributed by atoms with E-state index in [1.807, 2.05) is 31.2 Å². The minimum atomic E-state index is -0.451. The number of esters is 1. The van der Waals surface area contributed by atoms with E-state index < -0.39 is 11.9 Å². The number of carbonyl (C=O) groups excluding carboxylic acids is 2. The summed E-state index contributed by atoms with van der Waals surface area (Å²) in [4.78, 5) is 23.3. The minimum Gasteiger partial charge on any atom is -0.455 e. The predicted molar refractivity (Wildman–Crippen MR) is 84.1 cm³/mol. The van der Waals surface area contributed by atoms with Crippen LogP contribution in [0.3, 0.4) is 0 Å². The van der Waals surface area contributed by atoms with Crippen molar-refractivity contribution in [2.24, 2.45) is 0 Å². The second-order valence-electron chi connectivity index (χ2n) is 5.23. The fraction of sp³-hybridized carbons (Fsp3) is 0.222. The Morgan fingerprint density at radius 2 is 1.83 bits per heavy atom. The van der Waals surface area contributed by atoms with E-state index in [0.717, 1.165) is 16.7 Å². The molecule has 0 unspecified atom stereocenters. The SMILES string of the molecule is Cc1cccc(CC(=O)OCC(=O)NCc2ccc(F)cc2)c1. The number of ether oxygens (including phenoxy) is 1. The first-order chi connectivity index (χ1) is 11.0. The van der Waals surface area contributed by atoms with Gasteiger partial charge in [-0.05, 0) is 30.2 Å². The van der Waals surface area contributed by atoms with Crippen LogP contribution in [0.2, 0.25) is 0 Å². The fourth-order valence-electron chi connectivity index (χ4n) is 2.04. The molecule has 0 aliphatic rings. The van der Waals surface area contributed by atoms with Crippen molar-refractivity contribution in [3.63, 3.8) is 0 Å². The quantitative estimate of drug-likeness (QED) is 0.834. The molecule has 2 rings (SSSR count). The number of benzene rings is 2. The molecular weight excluding hydrogens is 297 g/mol. The Bertz CT molecular complexity index is 683. The first kappa shape index (κ1) is 16.7. The predicted octanol–water partition coefficient (Wildman–Crippen LogP) is 2.54. The molecule has 0 aromatic heterocycles. The maximum absolute atomic E-state index is 12.8. The van der Waals surface area contributed by atoms with Crippen LogP contribution >= 0.6 is 0 Å². The van der Waals surface area contributed by atoms with Crippen molar-refractivity contribution < 1.29 is 18.7 Å². The first-order valence-corrected chi connectivity index (χ1v) is 7.25. The van der Waals surface area contributed by atoms with Crippen molar-refractivity contribution in [2.45, 2.75) is 19.9 Å². The molecule has 5 heteroatoms. The number of hydrogen-bond acceptors (Lipinski definition) is 3. The van der Waals surface area contributed by atoms with Gasteiger partial charge in [0.15, 0.2) is 6.61 Å². The highest BCUT2D eigenvalue weighted by Crippen LogP contribution is 2.05. The van der Waals surface area contributed by atoms with Gasteiger partial charge >= 0.3 is 5.97 Å². The maximum atomic E-state index is 12.8. The van der Waals surface area contributed by atoms with Crippen molar-refractivity contribution in [3.05, 3.63) is 71.0 Å². The lowest BCUT2D eigenvalue weighted by molar-refractivity contribution is -0.147. The molecule has 2 aromatic rings. The molecule has 0 atom stereocenters. The highest BCUT2D eigenvalue weighted by Gasteiger charge is 2.08. The van der Waals surface area contributed by atoms with E-state index in [1.54, 1.807) is 12.1 Å². The molecule has 0 aliphatic heterocycles. The first-order valence-electron chi connectivity index (χ1n) is 7.25. The summed E-state index contributed by atoms with van der Waals surface area (Å²) in [5, 5.41) is 2.61. The Morgan fingerprint density at radius 1 is 1.09 bits per heavy atom. The van der Waals surface area contributed by atoms with Crippen molar-refractivity contribution in [1.29, 1.82) is 0 Å². The van der Waals surface area contributed by atoms with E-state index in [0.29, 0.717) is 0 Å². The van der Waals surface area contributed by atoms with Crippen LogP contribution in [-0.2, 0) is 27.3 Å². The van der Waals surface area contributed by atoms with E-state index >= 15 is 0 Å². The van der Waals surface area contributed by atoms with Gasteiger partial charge in [-0.1, -0.05) is 42.0 Å². The van der Waals surface area contributed by atoms with Crippen LogP contribution in [0, 0.1) is 12.7 Å². The van der Waals surface area contributed by atoms with Crippen LogP contribution < -0.4 is 5.32 Å². The van der Waals surface area contributed by atoms with Crippen molar-refractivity contribution >= 4 is 11.9 Å². The van der Waals surface area contributed by atoms with Gasteiger partial charge in [0, 0.05) is 6.54 Å². The summed E-state index contributed by atoms with van der Waals surface area (Å²) in [5.74, 6) is -1.18. The summed E-state index contributed by atoms with van der Waals surface area (Å²) >= 11 is 0. The third kappa shape index (κ3) is 5.90. The Morgan fingerprint density at radius 3 is 2.52 bits per heavy atom. The lowest BCUT2D eigenvalue weighted by atomic mass is 10.1. The van der Waals surface area contributed by atoms with Gasteiger partial charge in [0.1, 0.15) is 5.82 Å². The monoisotopic (exact) mass is 315 g/mol. The van der Waals surface area contributed by atoms with E-state index in [-0.39, 0.29) is 25.4 Å². The normalized spacial score (nSPS) is 10.2. The molecule has 0 saturated heterocycles. The van der Waals surface area contributed by atoms with Crippen LogP contribution in [-0.4, -0.2) is 18.5 Å². The Kier molecular flexibility index (Phi) is 5.86. The van der Waals surface area contributed by atoms with Gasteiger partial charge in [-0.2, -0.15) is 0 Å². The zero-order chi connectivity index (χ0) is 16.7. The molecule has 0 aliphatic carbocycles. The molecule has 0 saturated carbocycles. The van der Waals surface area contributed by atoms with Crippen LogP contribution in [0.5, 0.6) is 0 Å². The molecular formula is C18H18FNO3. The summed E-state index contributed by atoms with van der Waals surface area (Å²) < 4.78 is 17.7. The van der Waals surface area contributed by atoms with Gasteiger partial charge in [-0.15, -0.1) is 0 Å². The summed E-state index contributed by atoms with van der Waals surface area (Å²) in [6.45, 7) is 1.87. The standard InChI is InChI=1S/C18H18FNO3/c1-13-3-2-4-15(9-13)10-18(22)23-12-17(21)20-11-14-5-7-16(19)8-6-14/h2-9H,10-12H2,1H3,(H,20,21). The van der Waals surface area contributed by atoms with E-state index in [2.05, 4.69) is 5.32 Å². The van der Waals surface area contributed by atoms with Gasteiger partial charge in [0.25, 0.3) is 5.91 Å². The van der Waals surface area contributed by atoms with Gasteiger partial charge in [-0.3, -0.25) is 9.59 Å². The number of hydrogen-bond donors (Lipinski definition) is 1. The smallest absolute Gasteiger partial charge is 0.310 e. The zero-order valence-electron chi connectivity index (χ0n) is 12.8. The largest absolute Gasteiger partial charge is 0.455 e. The maximum Gasteiger partial charge on any atom is 0.310 e. The molecule has 0 fully saturated rings. The number of amides is 1. The average Bonchev–Trinajstić information content (AvgIpc) is 2.52. The average molecular weight is 315 g/mol.